The molecule has 3 nitrogen and oxygen atoms in total. The van der Waals surface area contributed by atoms with Crippen LogP contribution in [0.25, 0.3) is 0 Å². The Morgan fingerprint density at radius 3 is 2.61 bits per heavy atom. The number of rotatable bonds is 2. The van der Waals surface area contributed by atoms with Gasteiger partial charge in [-0.3, -0.25) is 9.59 Å². The predicted molar refractivity (Wildman–Crippen MR) is 65.9 cm³/mol. The van der Waals surface area contributed by atoms with Crippen LogP contribution in [-0.4, -0.2) is 17.7 Å². The van der Waals surface area contributed by atoms with Gasteiger partial charge in [0.25, 0.3) is 5.91 Å². The normalized spacial score (nSPS) is 16.7. The Morgan fingerprint density at radius 2 is 2.00 bits per heavy atom. The van der Waals surface area contributed by atoms with Crippen molar-refractivity contribution in [1.29, 1.82) is 0 Å². The number of ketones is 1. The third-order valence-corrected chi connectivity index (χ3v) is 3.30. The molecule has 1 aliphatic carbocycles. The summed E-state index contributed by atoms with van der Waals surface area (Å²) in [6.45, 7) is 1.63. The second-order valence-corrected chi connectivity index (χ2v) is 4.75. The van der Waals surface area contributed by atoms with Gasteiger partial charge in [0.05, 0.1) is 0 Å². The van der Waals surface area contributed by atoms with Crippen LogP contribution in [-0.2, 0) is 4.79 Å². The number of hydrogen-bond donors (Lipinski definition) is 1. The molecule has 18 heavy (non-hydrogen) atoms. The number of nitrogens with one attached hydrogen (secondary N) is 1. The molecular formula is C14H16FNO2. The molecule has 1 saturated carbocycles. The van der Waals surface area contributed by atoms with E-state index in [9.17, 15) is 14.0 Å². The summed E-state index contributed by atoms with van der Waals surface area (Å²) in [6, 6.07) is 4.37. The van der Waals surface area contributed by atoms with Crippen molar-refractivity contribution in [2.24, 2.45) is 0 Å². The van der Waals surface area contributed by atoms with Crippen LogP contribution >= 0.6 is 0 Å². The molecule has 96 valence electrons. The van der Waals surface area contributed by atoms with Crippen LogP contribution < -0.4 is 5.32 Å². The smallest absolute Gasteiger partial charge is 0.251 e. The first-order valence-corrected chi connectivity index (χ1v) is 6.15. The minimum Gasteiger partial charge on any atom is -0.349 e. The predicted octanol–water partition coefficient (Wildman–Crippen LogP) is 2.38. The second kappa shape index (κ2) is 5.29. The van der Waals surface area contributed by atoms with Crippen molar-refractivity contribution < 1.29 is 14.0 Å². The molecule has 0 bridgehead atoms. The van der Waals surface area contributed by atoms with E-state index in [0.29, 0.717) is 36.8 Å². The molecule has 0 atom stereocenters. The lowest BCUT2D eigenvalue weighted by molar-refractivity contribution is -0.120. The maximum atomic E-state index is 13.1. The van der Waals surface area contributed by atoms with E-state index in [-0.39, 0.29) is 23.5 Å². The lowest BCUT2D eigenvalue weighted by Crippen LogP contribution is -2.37. The summed E-state index contributed by atoms with van der Waals surface area (Å²) in [5.41, 5.74) is 0.923. The maximum absolute atomic E-state index is 13.1. The number of amides is 1. The fourth-order valence-electron chi connectivity index (χ4n) is 2.14. The summed E-state index contributed by atoms with van der Waals surface area (Å²) in [5.74, 6) is -0.245. The number of carbonyl (C=O) groups is 2. The topological polar surface area (TPSA) is 46.2 Å². The van der Waals surface area contributed by atoms with Gasteiger partial charge in [-0.25, -0.2) is 4.39 Å². The fourth-order valence-corrected chi connectivity index (χ4v) is 2.14. The molecular weight excluding hydrogens is 233 g/mol. The molecule has 4 heteroatoms. The maximum Gasteiger partial charge on any atom is 0.251 e. The summed E-state index contributed by atoms with van der Waals surface area (Å²) in [6.07, 6.45) is 2.47. The van der Waals surface area contributed by atoms with E-state index in [2.05, 4.69) is 5.32 Å². The molecule has 1 N–H and O–H groups in total. The summed E-state index contributed by atoms with van der Waals surface area (Å²) >= 11 is 0. The van der Waals surface area contributed by atoms with Gasteiger partial charge in [0.15, 0.2) is 0 Å². The van der Waals surface area contributed by atoms with Crippen LogP contribution in [0.5, 0.6) is 0 Å². The van der Waals surface area contributed by atoms with Gasteiger partial charge < -0.3 is 5.32 Å². The van der Waals surface area contributed by atoms with E-state index in [0.717, 1.165) is 0 Å². The zero-order valence-electron chi connectivity index (χ0n) is 10.3. The first-order chi connectivity index (χ1) is 8.56. The van der Waals surface area contributed by atoms with Gasteiger partial charge in [-0.15, -0.1) is 0 Å². The minimum absolute atomic E-state index is 0.0561. The van der Waals surface area contributed by atoms with E-state index in [1.165, 1.54) is 12.1 Å². The lowest BCUT2D eigenvalue weighted by atomic mass is 9.94. The first kappa shape index (κ1) is 12.7. The zero-order valence-corrected chi connectivity index (χ0v) is 10.3. The molecule has 2 rings (SSSR count). The quantitative estimate of drug-likeness (QED) is 0.874. The number of hydrogen-bond acceptors (Lipinski definition) is 2. The van der Waals surface area contributed by atoms with Gasteiger partial charge in [0.1, 0.15) is 11.6 Å². The summed E-state index contributed by atoms with van der Waals surface area (Å²) in [7, 11) is 0. The molecule has 0 saturated heterocycles. The van der Waals surface area contributed by atoms with Gasteiger partial charge in [-0.05, 0) is 43.5 Å². The average Bonchev–Trinajstić information content (AvgIpc) is 2.35. The van der Waals surface area contributed by atoms with Gasteiger partial charge in [-0.2, -0.15) is 0 Å². The molecule has 0 heterocycles. The number of halogens is 1. The highest BCUT2D eigenvalue weighted by molar-refractivity contribution is 5.94. The standard InChI is InChI=1S/C14H16FNO2/c1-9-8-10(2-7-13(9)15)14(18)16-11-3-5-12(17)6-4-11/h2,7-8,11H,3-6H2,1H3,(H,16,18). The van der Waals surface area contributed by atoms with Crippen LogP contribution in [0.4, 0.5) is 4.39 Å². The SMILES string of the molecule is Cc1cc(C(=O)NC2CCC(=O)CC2)ccc1F. The van der Waals surface area contributed by atoms with Gasteiger partial charge in [0, 0.05) is 24.4 Å². The molecule has 0 radical (unpaired) electrons. The van der Waals surface area contributed by atoms with Gasteiger partial charge >= 0.3 is 0 Å². The minimum atomic E-state index is -0.310. The molecule has 1 aliphatic rings. The molecule has 0 aromatic heterocycles. The number of benzene rings is 1. The second-order valence-electron chi connectivity index (χ2n) is 4.75. The van der Waals surface area contributed by atoms with Crippen molar-refractivity contribution >= 4 is 11.7 Å². The number of Topliss-reactive ketones (excluding diaryl/α,β-unsaturated/α-hetero) is 1. The fraction of sp³-hybridized carbons (Fsp3) is 0.429. The van der Waals surface area contributed by atoms with Gasteiger partial charge in [0.2, 0.25) is 0 Å². The number of aryl methyl sites for hydroxylation is 1. The van der Waals surface area contributed by atoms with Crippen LogP contribution in [0, 0.1) is 12.7 Å². The van der Waals surface area contributed by atoms with Crippen molar-refractivity contribution in [1.82, 2.24) is 5.32 Å². The average molecular weight is 249 g/mol. The first-order valence-electron chi connectivity index (χ1n) is 6.15. The lowest BCUT2D eigenvalue weighted by Gasteiger charge is -2.22. The summed E-state index contributed by atoms with van der Waals surface area (Å²) in [5, 5.41) is 2.89. The number of carbonyl (C=O) groups excluding carboxylic acids is 2. The Bertz CT molecular complexity index is 475. The van der Waals surface area contributed by atoms with E-state index in [4.69, 9.17) is 0 Å². The zero-order chi connectivity index (χ0) is 13.1. The molecule has 0 spiro atoms. The van der Waals surface area contributed by atoms with Gasteiger partial charge in [-0.1, -0.05) is 0 Å². The van der Waals surface area contributed by atoms with Crippen molar-refractivity contribution in [3.8, 4) is 0 Å². The van der Waals surface area contributed by atoms with E-state index < -0.39 is 0 Å². The molecule has 1 aromatic rings. The Labute approximate surface area is 105 Å². The van der Waals surface area contributed by atoms with Crippen LogP contribution in [0.1, 0.15) is 41.6 Å². The van der Waals surface area contributed by atoms with Crippen LogP contribution in [0.15, 0.2) is 18.2 Å². The van der Waals surface area contributed by atoms with Crippen molar-refractivity contribution in [3.05, 3.63) is 35.1 Å². The third kappa shape index (κ3) is 2.94. The van der Waals surface area contributed by atoms with Crippen LogP contribution in [0.3, 0.4) is 0 Å². The Kier molecular flexibility index (Phi) is 3.75. The molecule has 1 amide bonds. The molecule has 1 fully saturated rings. The largest absolute Gasteiger partial charge is 0.349 e. The highest BCUT2D eigenvalue weighted by Crippen LogP contribution is 2.16. The summed E-state index contributed by atoms with van der Waals surface area (Å²) < 4.78 is 13.1. The highest BCUT2D eigenvalue weighted by Gasteiger charge is 2.20. The Morgan fingerprint density at radius 1 is 1.33 bits per heavy atom. The highest BCUT2D eigenvalue weighted by atomic mass is 19.1. The molecule has 1 aromatic carbocycles. The molecule has 0 aliphatic heterocycles. The van der Waals surface area contributed by atoms with E-state index in [1.807, 2.05) is 0 Å². The monoisotopic (exact) mass is 249 g/mol. The van der Waals surface area contributed by atoms with Crippen molar-refractivity contribution in [2.75, 3.05) is 0 Å². The summed E-state index contributed by atoms with van der Waals surface area (Å²) in [4.78, 5) is 23.0. The molecule has 0 unspecified atom stereocenters. The van der Waals surface area contributed by atoms with Crippen molar-refractivity contribution in [3.63, 3.8) is 0 Å². The van der Waals surface area contributed by atoms with Crippen LogP contribution in [0.2, 0.25) is 0 Å². The van der Waals surface area contributed by atoms with Crippen molar-refractivity contribution in [2.45, 2.75) is 38.6 Å². The van der Waals surface area contributed by atoms with E-state index in [1.54, 1.807) is 13.0 Å². The third-order valence-electron chi connectivity index (χ3n) is 3.30. The Hall–Kier alpha value is -1.71. The Balaban J connectivity index is 1.99. The van der Waals surface area contributed by atoms with E-state index >= 15 is 0 Å².